The number of carbonyl (C=O) groups is 1. The second-order valence-electron chi connectivity index (χ2n) is 8.93. The standard InChI is InChI=1S/C28H28N6OS/c1-19-7-5-8-21(17-19)31-25(35)13-16-33-27(26(32-28(33)36)23-10-3-4-15-30-23)24-12-11-20(2)34(24)22-9-6-14-29-18-22/h3-12,14-15,17-18,26-27H,13,16H2,1-2H3,(H,31,35)(H,32,36)/t26-,27+/m1/s1. The fourth-order valence-electron chi connectivity index (χ4n) is 4.76. The van der Waals surface area contributed by atoms with Crippen LogP contribution in [-0.2, 0) is 4.79 Å². The number of nitrogens with one attached hydrogen (secondary N) is 2. The lowest BCUT2D eigenvalue weighted by Crippen LogP contribution is -2.33. The first kappa shape index (κ1) is 23.7. The second kappa shape index (κ2) is 10.3. The zero-order valence-corrected chi connectivity index (χ0v) is 21.1. The molecule has 0 saturated carbocycles. The molecule has 8 heteroatoms. The van der Waals surface area contributed by atoms with E-state index in [1.807, 2.05) is 67.7 Å². The number of nitrogens with zero attached hydrogens (tertiary/aromatic N) is 4. The SMILES string of the molecule is Cc1cccc(NC(=O)CCN2C(=S)N[C@H](c3ccccn3)[C@@H]2c2ccc(C)n2-c2cccnc2)c1. The van der Waals surface area contributed by atoms with Crippen LogP contribution in [0.1, 0.15) is 41.1 Å². The van der Waals surface area contributed by atoms with Crippen molar-refractivity contribution in [2.45, 2.75) is 32.4 Å². The minimum Gasteiger partial charge on any atom is -0.352 e. The first-order valence-electron chi connectivity index (χ1n) is 11.9. The van der Waals surface area contributed by atoms with E-state index >= 15 is 0 Å². The molecule has 5 rings (SSSR count). The Morgan fingerprint density at radius 2 is 1.94 bits per heavy atom. The normalized spacial score (nSPS) is 17.2. The van der Waals surface area contributed by atoms with Crippen LogP contribution in [0.5, 0.6) is 0 Å². The number of aromatic nitrogens is 3. The summed E-state index contributed by atoms with van der Waals surface area (Å²) in [6, 6.07) is 21.6. The summed E-state index contributed by atoms with van der Waals surface area (Å²) in [7, 11) is 0. The zero-order valence-electron chi connectivity index (χ0n) is 20.3. The molecule has 2 N–H and O–H groups in total. The van der Waals surface area contributed by atoms with Gasteiger partial charge in [-0.15, -0.1) is 0 Å². The summed E-state index contributed by atoms with van der Waals surface area (Å²) in [4.78, 5) is 23.9. The summed E-state index contributed by atoms with van der Waals surface area (Å²) in [5.41, 5.74) is 5.92. The van der Waals surface area contributed by atoms with E-state index in [9.17, 15) is 4.79 Å². The fraction of sp³-hybridized carbons (Fsp3) is 0.214. The van der Waals surface area contributed by atoms with Gasteiger partial charge in [-0.1, -0.05) is 18.2 Å². The number of amides is 1. The molecule has 4 aromatic rings. The molecule has 1 amide bonds. The van der Waals surface area contributed by atoms with Gasteiger partial charge in [-0.05, 0) is 80.2 Å². The van der Waals surface area contributed by atoms with Crippen molar-refractivity contribution in [1.29, 1.82) is 0 Å². The van der Waals surface area contributed by atoms with Crippen molar-refractivity contribution >= 4 is 28.9 Å². The number of carbonyl (C=O) groups excluding carboxylic acids is 1. The molecule has 1 fully saturated rings. The van der Waals surface area contributed by atoms with Gasteiger partial charge in [0.05, 0.1) is 29.7 Å². The Kier molecular flexibility index (Phi) is 6.77. The molecular formula is C28H28N6OS. The van der Waals surface area contributed by atoms with Gasteiger partial charge in [0.1, 0.15) is 0 Å². The Balaban J connectivity index is 1.46. The average molecular weight is 497 g/mol. The zero-order chi connectivity index (χ0) is 25.1. The first-order chi connectivity index (χ1) is 17.5. The number of aryl methyl sites for hydroxylation is 2. The number of rotatable bonds is 7. The monoisotopic (exact) mass is 496 g/mol. The van der Waals surface area contributed by atoms with Crippen molar-refractivity contribution in [2.24, 2.45) is 0 Å². The highest BCUT2D eigenvalue weighted by Crippen LogP contribution is 2.40. The molecule has 7 nitrogen and oxygen atoms in total. The van der Waals surface area contributed by atoms with E-state index in [4.69, 9.17) is 12.2 Å². The predicted octanol–water partition coefficient (Wildman–Crippen LogP) is 4.89. The van der Waals surface area contributed by atoms with Crippen LogP contribution in [0.15, 0.2) is 85.3 Å². The lowest BCUT2D eigenvalue weighted by Gasteiger charge is -2.29. The number of thiocarbonyl (C=S) groups is 1. The molecule has 36 heavy (non-hydrogen) atoms. The first-order valence-corrected chi connectivity index (χ1v) is 12.4. The van der Waals surface area contributed by atoms with Gasteiger partial charge in [0.25, 0.3) is 0 Å². The highest BCUT2D eigenvalue weighted by atomic mass is 32.1. The maximum Gasteiger partial charge on any atom is 0.226 e. The molecule has 1 saturated heterocycles. The molecular weight excluding hydrogens is 468 g/mol. The Bertz CT molecular complexity index is 1370. The van der Waals surface area contributed by atoms with Crippen LogP contribution >= 0.6 is 12.2 Å². The summed E-state index contributed by atoms with van der Waals surface area (Å²) in [6.45, 7) is 4.55. The Morgan fingerprint density at radius 3 is 2.69 bits per heavy atom. The molecule has 3 aromatic heterocycles. The molecule has 2 atom stereocenters. The molecule has 0 radical (unpaired) electrons. The highest BCUT2D eigenvalue weighted by molar-refractivity contribution is 7.80. The maximum atomic E-state index is 12.8. The van der Waals surface area contributed by atoms with Gasteiger partial charge < -0.3 is 20.1 Å². The van der Waals surface area contributed by atoms with Crippen molar-refractivity contribution in [3.8, 4) is 5.69 Å². The van der Waals surface area contributed by atoms with Crippen LogP contribution in [0.25, 0.3) is 5.69 Å². The average Bonchev–Trinajstić information content (AvgIpc) is 3.42. The molecule has 182 valence electrons. The van der Waals surface area contributed by atoms with Gasteiger partial charge in [0.15, 0.2) is 5.11 Å². The van der Waals surface area contributed by atoms with Crippen LogP contribution in [-0.4, -0.2) is 37.0 Å². The number of hydrogen-bond donors (Lipinski definition) is 2. The molecule has 4 heterocycles. The molecule has 1 aliphatic rings. The Morgan fingerprint density at radius 1 is 1.06 bits per heavy atom. The summed E-state index contributed by atoms with van der Waals surface area (Å²) in [6.07, 6.45) is 5.71. The van der Waals surface area contributed by atoms with Gasteiger partial charge in [-0.25, -0.2) is 0 Å². The minimum atomic E-state index is -0.164. The number of hydrogen-bond acceptors (Lipinski definition) is 4. The van der Waals surface area contributed by atoms with Gasteiger partial charge in [0, 0.05) is 42.4 Å². The third kappa shape index (κ3) is 4.85. The number of pyridine rings is 2. The fourth-order valence-corrected chi connectivity index (χ4v) is 5.10. The van der Waals surface area contributed by atoms with Crippen molar-refractivity contribution < 1.29 is 4.79 Å². The van der Waals surface area contributed by atoms with E-state index in [-0.39, 0.29) is 18.0 Å². The largest absolute Gasteiger partial charge is 0.352 e. The Hall–Kier alpha value is -4.04. The number of benzene rings is 1. The van der Waals surface area contributed by atoms with Gasteiger partial charge in [-0.2, -0.15) is 0 Å². The second-order valence-corrected chi connectivity index (χ2v) is 9.32. The quantitative estimate of drug-likeness (QED) is 0.355. The van der Waals surface area contributed by atoms with Gasteiger partial charge in [-0.3, -0.25) is 14.8 Å². The van der Waals surface area contributed by atoms with E-state index in [0.29, 0.717) is 18.1 Å². The topological polar surface area (TPSA) is 75.1 Å². The minimum absolute atomic E-state index is 0.0535. The smallest absolute Gasteiger partial charge is 0.226 e. The van der Waals surface area contributed by atoms with E-state index in [2.05, 4.69) is 49.1 Å². The summed E-state index contributed by atoms with van der Waals surface area (Å²) >= 11 is 5.79. The molecule has 1 aromatic carbocycles. The molecule has 0 unspecified atom stereocenters. The van der Waals surface area contributed by atoms with E-state index < -0.39 is 0 Å². The molecule has 1 aliphatic heterocycles. The third-order valence-electron chi connectivity index (χ3n) is 6.39. The van der Waals surface area contributed by atoms with Crippen molar-refractivity contribution in [2.75, 3.05) is 11.9 Å². The van der Waals surface area contributed by atoms with Crippen LogP contribution in [0, 0.1) is 13.8 Å². The maximum absolute atomic E-state index is 12.8. The molecule has 0 aliphatic carbocycles. The predicted molar refractivity (Wildman–Crippen MR) is 145 cm³/mol. The third-order valence-corrected chi connectivity index (χ3v) is 6.75. The van der Waals surface area contributed by atoms with E-state index in [1.54, 1.807) is 12.4 Å². The van der Waals surface area contributed by atoms with Crippen LogP contribution in [0.3, 0.4) is 0 Å². The highest BCUT2D eigenvalue weighted by Gasteiger charge is 2.41. The summed E-state index contributed by atoms with van der Waals surface area (Å²) < 4.78 is 2.20. The summed E-state index contributed by atoms with van der Waals surface area (Å²) in [5, 5.41) is 7.08. The molecule has 0 spiro atoms. The van der Waals surface area contributed by atoms with Crippen LogP contribution < -0.4 is 10.6 Å². The van der Waals surface area contributed by atoms with Crippen molar-refractivity contribution in [1.82, 2.24) is 24.8 Å². The van der Waals surface area contributed by atoms with Gasteiger partial charge >= 0.3 is 0 Å². The van der Waals surface area contributed by atoms with E-state index in [0.717, 1.165) is 34.0 Å². The lowest BCUT2D eigenvalue weighted by atomic mass is 10.0. The van der Waals surface area contributed by atoms with Crippen LogP contribution in [0.2, 0.25) is 0 Å². The molecule has 0 bridgehead atoms. The Labute approximate surface area is 216 Å². The van der Waals surface area contributed by atoms with Gasteiger partial charge in [0.2, 0.25) is 5.91 Å². The van der Waals surface area contributed by atoms with Crippen molar-refractivity contribution in [3.05, 3.63) is 108 Å². The number of anilines is 1. The lowest BCUT2D eigenvalue weighted by molar-refractivity contribution is -0.116. The van der Waals surface area contributed by atoms with Crippen molar-refractivity contribution in [3.63, 3.8) is 0 Å². The summed E-state index contributed by atoms with van der Waals surface area (Å²) in [5.74, 6) is -0.0535. The van der Waals surface area contributed by atoms with E-state index in [1.165, 1.54) is 0 Å². The van der Waals surface area contributed by atoms with Crippen LogP contribution in [0.4, 0.5) is 5.69 Å².